The number of hydrogen-bond donors (Lipinski definition) is 1. The summed E-state index contributed by atoms with van der Waals surface area (Å²) in [4.78, 5) is 6.66. The van der Waals surface area contributed by atoms with E-state index in [0.29, 0.717) is 5.92 Å². The predicted octanol–water partition coefficient (Wildman–Crippen LogP) is 2.67. The maximum Gasteiger partial charge on any atom is 0.0357 e. The summed E-state index contributed by atoms with van der Waals surface area (Å²) >= 11 is 0. The largest absolute Gasteiger partial charge is 0.329 e. The molecule has 3 nitrogen and oxygen atoms in total. The van der Waals surface area contributed by atoms with Gasteiger partial charge in [0.05, 0.1) is 0 Å². The molecule has 1 aliphatic rings. The molecular formula is C16H27N3. The summed E-state index contributed by atoms with van der Waals surface area (Å²) < 4.78 is 0. The summed E-state index contributed by atoms with van der Waals surface area (Å²) in [6, 6.07) is 4.15. The van der Waals surface area contributed by atoms with Crippen LogP contribution in [-0.4, -0.2) is 29.0 Å². The maximum atomic E-state index is 6.17. The number of rotatable bonds is 4. The highest BCUT2D eigenvalue weighted by molar-refractivity contribution is 5.10. The lowest BCUT2D eigenvalue weighted by Gasteiger charge is -2.50. The van der Waals surface area contributed by atoms with Gasteiger partial charge in [-0.3, -0.25) is 9.88 Å². The fraction of sp³-hybridized carbons (Fsp3) is 0.688. The molecule has 1 aromatic heterocycles. The molecule has 2 N–H and O–H groups in total. The minimum absolute atomic E-state index is 0.155. The van der Waals surface area contributed by atoms with E-state index in [1.807, 2.05) is 18.5 Å². The van der Waals surface area contributed by atoms with Crippen LogP contribution in [0.5, 0.6) is 0 Å². The van der Waals surface area contributed by atoms with Gasteiger partial charge < -0.3 is 5.73 Å². The molecule has 0 radical (unpaired) electrons. The summed E-state index contributed by atoms with van der Waals surface area (Å²) in [5, 5.41) is 0. The number of nitrogens with zero attached hydrogens (tertiary/aromatic N) is 2. The van der Waals surface area contributed by atoms with Gasteiger partial charge in [-0.1, -0.05) is 19.9 Å². The number of aromatic nitrogens is 1. The molecule has 1 aromatic rings. The SMILES string of the molecule is CC1CCC(CN)(N(C)Cc2cccnc2)C(C)C1. The van der Waals surface area contributed by atoms with Gasteiger partial charge in [0, 0.05) is 31.0 Å². The summed E-state index contributed by atoms with van der Waals surface area (Å²) in [6.45, 7) is 6.40. The third kappa shape index (κ3) is 2.98. The van der Waals surface area contributed by atoms with Crippen molar-refractivity contribution in [2.24, 2.45) is 17.6 Å². The minimum atomic E-state index is 0.155. The van der Waals surface area contributed by atoms with E-state index in [0.717, 1.165) is 19.0 Å². The van der Waals surface area contributed by atoms with Crippen LogP contribution in [0.3, 0.4) is 0 Å². The first-order valence-corrected chi connectivity index (χ1v) is 7.38. The molecule has 3 atom stereocenters. The second kappa shape index (κ2) is 6.02. The summed E-state index contributed by atoms with van der Waals surface area (Å²) in [5.74, 6) is 1.49. The van der Waals surface area contributed by atoms with Crippen LogP contribution in [0.2, 0.25) is 0 Å². The van der Waals surface area contributed by atoms with E-state index in [9.17, 15) is 0 Å². The molecule has 1 saturated carbocycles. The molecule has 0 bridgehead atoms. The average Bonchev–Trinajstić information content (AvgIpc) is 2.40. The number of likely N-dealkylation sites (N-methyl/N-ethyl adjacent to an activating group) is 1. The standard InChI is InChI=1S/C16H27N3/c1-13-6-7-16(12-17,14(2)9-13)19(3)11-15-5-4-8-18-10-15/h4-5,8,10,13-14H,6-7,9,11-12,17H2,1-3H3. The Morgan fingerprint density at radius 2 is 2.26 bits per heavy atom. The van der Waals surface area contributed by atoms with Gasteiger partial charge in [0.25, 0.3) is 0 Å². The quantitative estimate of drug-likeness (QED) is 0.906. The van der Waals surface area contributed by atoms with Gasteiger partial charge in [0.1, 0.15) is 0 Å². The van der Waals surface area contributed by atoms with Gasteiger partial charge >= 0.3 is 0 Å². The minimum Gasteiger partial charge on any atom is -0.329 e. The van der Waals surface area contributed by atoms with Crippen molar-refractivity contribution in [1.82, 2.24) is 9.88 Å². The van der Waals surface area contributed by atoms with Gasteiger partial charge in [0.2, 0.25) is 0 Å². The van der Waals surface area contributed by atoms with Crippen LogP contribution in [-0.2, 0) is 6.54 Å². The highest BCUT2D eigenvalue weighted by atomic mass is 15.2. The van der Waals surface area contributed by atoms with Crippen LogP contribution in [0.1, 0.15) is 38.7 Å². The van der Waals surface area contributed by atoms with E-state index in [1.54, 1.807) is 0 Å². The Hall–Kier alpha value is -0.930. The van der Waals surface area contributed by atoms with E-state index in [4.69, 9.17) is 5.73 Å². The third-order valence-electron chi connectivity index (χ3n) is 5.00. The maximum absolute atomic E-state index is 6.17. The molecule has 1 aliphatic carbocycles. The molecule has 2 rings (SSSR count). The van der Waals surface area contributed by atoms with Crippen LogP contribution in [0.25, 0.3) is 0 Å². The van der Waals surface area contributed by atoms with Crippen molar-refractivity contribution >= 4 is 0 Å². The molecular weight excluding hydrogens is 234 g/mol. The molecule has 0 aliphatic heterocycles. The molecule has 0 saturated heterocycles. The Labute approximate surface area is 117 Å². The Morgan fingerprint density at radius 1 is 1.47 bits per heavy atom. The Balaban J connectivity index is 2.12. The van der Waals surface area contributed by atoms with E-state index >= 15 is 0 Å². The van der Waals surface area contributed by atoms with Crippen molar-refractivity contribution in [2.75, 3.05) is 13.6 Å². The van der Waals surface area contributed by atoms with Gasteiger partial charge in [-0.2, -0.15) is 0 Å². The summed E-state index contributed by atoms with van der Waals surface area (Å²) in [5.41, 5.74) is 7.59. The second-order valence-corrected chi connectivity index (χ2v) is 6.31. The van der Waals surface area contributed by atoms with Gasteiger partial charge in [-0.05, 0) is 49.8 Å². The van der Waals surface area contributed by atoms with E-state index in [1.165, 1.54) is 24.8 Å². The lowest BCUT2D eigenvalue weighted by Crippen LogP contribution is -2.58. The van der Waals surface area contributed by atoms with Crippen molar-refractivity contribution < 1.29 is 0 Å². The van der Waals surface area contributed by atoms with Crippen LogP contribution < -0.4 is 5.73 Å². The zero-order valence-corrected chi connectivity index (χ0v) is 12.5. The average molecular weight is 261 g/mol. The topological polar surface area (TPSA) is 42.1 Å². The van der Waals surface area contributed by atoms with Crippen molar-refractivity contribution in [3.63, 3.8) is 0 Å². The highest BCUT2D eigenvalue weighted by Gasteiger charge is 2.42. The molecule has 19 heavy (non-hydrogen) atoms. The first kappa shape index (κ1) is 14.5. The number of hydrogen-bond acceptors (Lipinski definition) is 3. The third-order valence-corrected chi connectivity index (χ3v) is 5.00. The zero-order valence-electron chi connectivity index (χ0n) is 12.5. The highest BCUT2D eigenvalue weighted by Crippen LogP contribution is 2.40. The monoisotopic (exact) mass is 261 g/mol. The normalized spacial score (nSPS) is 31.6. The Morgan fingerprint density at radius 3 is 2.84 bits per heavy atom. The Bertz CT molecular complexity index is 392. The summed E-state index contributed by atoms with van der Waals surface area (Å²) in [7, 11) is 2.21. The van der Waals surface area contributed by atoms with Crippen LogP contribution in [0.15, 0.2) is 24.5 Å². The van der Waals surface area contributed by atoms with Crippen molar-refractivity contribution in [3.8, 4) is 0 Å². The molecule has 3 heteroatoms. The lowest BCUT2D eigenvalue weighted by atomic mass is 9.69. The smallest absolute Gasteiger partial charge is 0.0357 e. The fourth-order valence-electron chi connectivity index (χ4n) is 3.63. The summed E-state index contributed by atoms with van der Waals surface area (Å²) in [6.07, 6.45) is 7.57. The molecule has 1 heterocycles. The second-order valence-electron chi connectivity index (χ2n) is 6.31. The van der Waals surface area contributed by atoms with Crippen molar-refractivity contribution in [3.05, 3.63) is 30.1 Å². The number of nitrogens with two attached hydrogens (primary N) is 1. The fourth-order valence-corrected chi connectivity index (χ4v) is 3.63. The lowest BCUT2D eigenvalue weighted by molar-refractivity contribution is 0.0128. The molecule has 3 unspecified atom stereocenters. The van der Waals surface area contributed by atoms with Crippen LogP contribution >= 0.6 is 0 Å². The molecule has 106 valence electrons. The van der Waals surface area contributed by atoms with Gasteiger partial charge in [-0.15, -0.1) is 0 Å². The van der Waals surface area contributed by atoms with E-state index in [-0.39, 0.29) is 5.54 Å². The molecule has 0 spiro atoms. The first-order chi connectivity index (χ1) is 9.08. The van der Waals surface area contributed by atoms with Crippen LogP contribution in [0, 0.1) is 11.8 Å². The molecule has 0 aromatic carbocycles. The zero-order chi connectivity index (χ0) is 13.9. The van der Waals surface area contributed by atoms with E-state index < -0.39 is 0 Å². The van der Waals surface area contributed by atoms with E-state index in [2.05, 4.69) is 36.8 Å². The first-order valence-electron chi connectivity index (χ1n) is 7.38. The van der Waals surface area contributed by atoms with Crippen molar-refractivity contribution in [1.29, 1.82) is 0 Å². The van der Waals surface area contributed by atoms with Gasteiger partial charge in [-0.25, -0.2) is 0 Å². The van der Waals surface area contributed by atoms with Crippen molar-refractivity contribution in [2.45, 2.75) is 45.2 Å². The molecule has 0 amide bonds. The van der Waals surface area contributed by atoms with Crippen LogP contribution in [0.4, 0.5) is 0 Å². The Kier molecular flexibility index (Phi) is 4.58. The predicted molar refractivity (Wildman–Crippen MR) is 79.7 cm³/mol. The van der Waals surface area contributed by atoms with Gasteiger partial charge in [0.15, 0.2) is 0 Å². The molecule has 1 fully saturated rings. The number of pyridine rings is 1.